The molecule has 0 aromatic rings. The molecule has 1 unspecified atom stereocenters. The summed E-state index contributed by atoms with van der Waals surface area (Å²) in [5.74, 6) is -0.734. The predicted octanol–water partition coefficient (Wildman–Crippen LogP) is 1.38. The predicted molar refractivity (Wildman–Crippen MR) is 48.2 cm³/mol. The Balaban J connectivity index is 3.93. The molecule has 0 fully saturated rings. The zero-order valence-electron chi connectivity index (χ0n) is 7.78. The molecule has 0 saturated carbocycles. The number of aliphatic carboxylic acids is 1. The fourth-order valence-corrected chi connectivity index (χ4v) is 0.733. The molecule has 0 aliphatic rings. The van der Waals surface area contributed by atoms with Crippen molar-refractivity contribution in [1.29, 1.82) is 0 Å². The van der Waals surface area contributed by atoms with E-state index in [0.29, 0.717) is 18.5 Å². The van der Waals surface area contributed by atoms with Gasteiger partial charge in [0.25, 0.3) is 0 Å². The van der Waals surface area contributed by atoms with E-state index in [0.717, 1.165) is 0 Å². The average molecular weight is 183 g/mol. The lowest BCUT2D eigenvalue weighted by atomic mass is 10.1. The molecule has 13 heavy (non-hydrogen) atoms. The molecule has 0 aromatic carbocycles. The molecule has 0 bridgehead atoms. The molecule has 0 amide bonds. The first kappa shape index (κ1) is 11.6. The average Bonchev–Trinajstić information content (AvgIpc) is 2.10. The van der Waals surface area contributed by atoms with Crippen LogP contribution in [0.3, 0.4) is 0 Å². The van der Waals surface area contributed by atoms with Gasteiger partial charge in [0.2, 0.25) is 6.08 Å². The summed E-state index contributed by atoms with van der Waals surface area (Å²) in [5, 5.41) is 8.52. The topological polar surface area (TPSA) is 66.7 Å². The highest BCUT2D eigenvalue weighted by Crippen LogP contribution is 2.05. The molecule has 0 radical (unpaired) electrons. The van der Waals surface area contributed by atoms with Gasteiger partial charge in [-0.05, 0) is 19.3 Å². The summed E-state index contributed by atoms with van der Waals surface area (Å²) in [6.07, 6.45) is 3.69. The van der Waals surface area contributed by atoms with Crippen LogP contribution in [0.2, 0.25) is 0 Å². The highest BCUT2D eigenvalue weighted by atomic mass is 16.4. The van der Waals surface area contributed by atoms with Crippen LogP contribution in [0.25, 0.3) is 0 Å². The molecule has 0 heterocycles. The fraction of sp³-hybridized carbons (Fsp3) is 0.556. The molecular weight excluding hydrogens is 170 g/mol. The second-order valence-corrected chi connectivity index (χ2v) is 2.97. The molecule has 0 saturated heterocycles. The molecule has 72 valence electrons. The number of allylic oxidation sites excluding steroid dienone is 1. The number of nitrogens with zero attached hydrogens (tertiary/aromatic N) is 1. The fourth-order valence-electron chi connectivity index (χ4n) is 0.733. The summed E-state index contributed by atoms with van der Waals surface area (Å²) >= 11 is 0. The summed E-state index contributed by atoms with van der Waals surface area (Å²) in [6.45, 7) is 3.83. The minimum atomic E-state index is -0.911. The number of carbonyl (C=O) groups excluding carboxylic acids is 1. The molecule has 1 atom stereocenters. The first-order chi connectivity index (χ1) is 6.07. The molecule has 0 aromatic heterocycles. The molecule has 0 rings (SSSR count). The molecule has 0 aliphatic carbocycles. The number of carboxylic acid groups (broad SMARTS) is 1. The van der Waals surface area contributed by atoms with E-state index in [1.54, 1.807) is 6.08 Å². The van der Waals surface area contributed by atoms with Crippen molar-refractivity contribution in [3.05, 3.63) is 11.6 Å². The highest BCUT2D eigenvalue weighted by molar-refractivity contribution is 5.85. The van der Waals surface area contributed by atoms with Crippen LogP contribution in [0.1, 0.15) is 20.3 Å². The maximum Gasteiger partial charge on any atom is 0.330 e. The molecule has 4 heteroatoms. The van der Waals surface area contributed by atoms with Gasteiger partial charge in [0, 0.05) is 5.57 Å². The van der Waals surface area contributed by atoms with Crippen molar-refractivity contribution in [2.45, 2.75) is 20.3 Å². The number of aliphatic imine (C=N–C) groups is 1. The van der Waals surface area contributed by atoms with Gasteiger partial charge in [-0.2, -0.15) is 0 Å². The van der Waals surface area contributed by atoms with Gasteiger partial charge < -0.3 is 5.11 Å². The van der Waals surface area contributed by atoms with Crippen LogP contribution in [0.15, 0.2) is 16.6 Å². The van der Waals surface area contributed by atoms with Crippen LogP contribution in [0.4, 0.5) is 0 Å². The Morgan fingerprint density at radius 2 is 2.31 bits per heavy atom. The lowest BCUT2D eigenvalue weighted by Crippen LogP contribution is -2.00. The van der Waals surface area contributed by atoms with Crippen LogP contribution in [0, 0.1) is 5.92 Å². The van der Waals surface area contributed by atoms with Gasteiger partial charge in [0.1, 0.15) is 0 Å². The highest BCUT2D eigenvalue weighted by Gasteiger charge is 2.02. The zero-order valence-corrected chi connectivity index (χ0v) is 7.78. The third-order valence-corrected chi connectivity index (χ3v) is 1.63. The van der Waals surface area contributed by atoms with Crippen LogP contribution in [-0.2, 0) is 9.59 Å². The third-order valence-electron chi connectivity index (χ3n) is 1.63. The van der Waals surface area contributed by atoms with Gasteiger partial charge in [0.15, 0.2) is 0 Å². The van der Waals surface area contributed by atoms with E-state index in [1.165, 1.54) is 13.0 Å². The monoisotopic (exact) mass is 183 g/mol. The van der Waals surface area contributed by atoms with Crippen molar-refractivity contribution in [2.24, 2.45) is 10.9 Å². The van der Waals surface area contributed by atoms with Gasteiger partial charge in [-0.3, -0.25) is 0 Å². The lowest BCUT2D eigenvalue weighted by Gasteiger charge is -2.02. The minimum absolute atomic E-state index is 0.177. The SMILES string of the molecule is CC(=CCC(C)CN=C=O)C(=O)O. The van der Waals surface area contributed by atoms with Crippen LogP contribution < -0.4 is 0 Å². The van der Waals surface area contributed by atoms with Crippen molar-refractivity contribution in [3.63, 3.8) is 0 Å². The number of hydrogen-bond acceptors (Lipinski definition) is 3. The van der Waals surface area contributed by atoms with E-state index in [1.807, 2.05) is 6.92 Å². The van der Waals surface area contributed by atoms with Crippen molar-refractivity contribution >= 4 is 12.0 Å². The molecule has 0 aliphatic heterocycles. The minimum Gasteiger partial charge on any atom is -0.478 e. The van der Waals surface area contributed by atoms with E-state index < -0.39 is 5.97 Å². The Morgan fingerprint density at radius 3 is 2.77 bits per heavy atom. The number of hydrogen-bond donors (Lipinski definition) is 1. The Hall–Kier alpha value is -1.41. The van der Waals surface area contributed by atoms with Gasteiger partial charge in [-0.1, -0.05) is 13.0 Å². The third kappa shape index (κ3) is 5.82. The summed E-state index contributed by atoms with van der Waals surface area (Å²) in [4.78, 5) is 23.5. The van der Waals surface area contributed by atoms with Crippen molar-refractivity contribution in [2.75, 3.05) is 6.54 Å². The summed E-state index contributed by atoms with van der Waals surface area (Å²) in [5.41, 5.74) is 0.321. The second kappa shape index (κ2) is 6.14. The zero-order chi connectivity index (χ0) is 10.3. The first-order valence-corrected chi connectivity index (χ1v) is 4.01. The van der Waals surface area contributed by atoms with E-state index >= 15 is 0 Å². The molecule has 4 nitrogen and oxygen atoms in total. The van der Waals surface area contributed by atoms with E-state index in [-0.39, 0.29) is 5.92 Å². The smallest absolute Gasteiger partial charge is 0.330 e. The molecule has 0 spiro atoms. The van der Waals surface area contributed by atoms with Crippen LogP contribution >= 0.6 is 0 Å². The van der Waals surface area contributed by atoms with Crippen LogP contribution in [-0.4, -0.2) is 23.7 Å². The lowest BCUT2D eigenvalue weighted by molar-refractivity contribution is -0.132. The number of rotatable bonds is 5. The number of isocyanates is 1. The van der Waals surface area contributed by atoms with Crippen molar-refractivity contribution in [3.8, 4) is 0 Å². The Bertz CT molecular complexity index is 252. The number of carboxylic acids is 1. The Labute approximate surface area is 77.0 Å². The Morgan fingerprint density at radius 1 is 1.69 bits per heavy atom. The van der Waals surface area contributed by atoms with E-state index in [4.69, 9.17) is 5.11 Å². The largest absolute Gasteiger partial charge is 0.478 e. The standard InChI is InChI=1S/C9H13NO3/c1-7(5-10-6-11)3-4-8(2)9(12)13/h4,7H,3,5H2,1-2H3,(H,12,13). The van der Waals surface area contributed by atoms with Crippen molar-refractivity contribution in [1.82, 2.24) is 0 Å². The van der Waals surface area contributed by atoms with E-state index in [9.17, 15) is 9.59 Å². The maximum absolute atomic E-state index is 10.4. The first-order valence-electron chi connectivity index (χ1n) is 4.01. The number of carbonyl (C=O) groups is 1. The maximum atomic E-state index is 10.4. The second-order valence-electron chi connectivity index (χ2n) is 2.97. The molecule has 1 N–H and O–H groups in total. The quantitative estimate of drug-likeness (QED) is 0.397. The summed E-state index contributed by atoms with van der Waals surface area (Å²) < 4.78 is 0. The van der Waals surface area contributed by atoms with Crippen LogP contribution in [0.5, 0.6) is 0 Å². The van der Waals surface area contributed by atoms with Gasteiger partial charge in [-0.15, -0.1) is 0 Å². The van der Waals surface area contributed by atoms with Gasteiger partial charge >= 0.3 is 5.97 Å². The van der Waals surface area contributed by atoms with Crippen molar-refractivity contribution < 1.29 is 14.7 Å². The Kier molecular flexibility index (Phi) is 5.48. The summed E-state index contributed by atoms with van der Waals surface area (Å²) in [7, 11) is 0. The summed E-state index contributed by atoms with van der Waals surface area (Å²) in [6, 6.07) is 0. The normalized spacial score (nSPS) is 13.2. The molecular formula is C9H13NO3. The van der Waals surface area contributed by atoms with Gasteiger partial charge in [0.05, 0.1) is 6.54 Å². The van der Waals surface area contributed by atoms with E-state index in [2.05, 4.69) is 4.99 Å². The van der Waals surface area contributed by atoms with Gasteiger partial charge in [-0.25, -0.2) is 14.6 Å².